The van der Waals surface area contributed by atoms with Gasteiger partial charge >= 0.3 is 0 Å². The highest BCUT2D eigenvalue weighted by Gasteiger charge is 2.03. The van der Waals surface area contributed by atoms with Gasteiger partial charge in [-0.05, 0) is 23.1 Å². The molecular formula is C13H14N2O. The second-order valence-corrected chi connectivity index (χ2v) is 3.67. The van der Waals surface area contributed by atoms with E-state index in [2.05, 4.69) is 16.9 Å². The van der Waals surface area contributed by atoms with E-state index < -0.39 is 0 Å². The largest absolute Gasteiger partial charge is 0.361 e. The van der Waals surface area contributed by atoms with E-state index in [9.17, 15) is 4.79 Å². The lowest BCUT2D eigenvalue weighted by molar-refractivity contribution is -0.120. The van der Waals surface area contributed by atoms with Crippen molar-refractivity contribution in [2.24, 2.45) is 0 Å². The van der Waals surface area contributed by atoms with Gasteiger partial charge in [-0.3, -0.25) is 4.79 Å². The van der Waals surface area contributed by atoms with Crippen LogP contribution < -0.4 is 5.32 Å². The Bertz CT molecular complexity index is 513. The fourth-order valence-corrected chi connectivity index (χ4v) is 1.64. The number of fused-ring (bicyclic) bond motifs is 1. The molecule has 0 atom stereocenters. The SMILES string of the molecule is C=CCNC(=O)Cc1ccc2cc[nH]c2c1. The summed E-state index contributed by atoms with van der Waals surface area (Å²) in [4.78, 5) is 14.6. The van der Waals surface area contributed by atoms with Crippen LogP contribution in [0.2, 0.25) is 0 Å². The number of aromatic nitrogens is 1. The Hall–Kier alpha value is -2.03. The molecule has 0 fully saturated rings. The molecule has 1 heterocycles. The summed E-state index contributed by atoms with van der Waals surface area (Å²) in [7, 11) is 0. The Morgan fingerprint density at radius 3 is 3.12 bits per heavy atom. The summed E-state index contributed by atoms with van der Waals surface area (Å²) in [6, 6.07) is 8.01. The van der Waals surface area contributed by atoms with Crippen LogP contribution in [0.25, 0.3) is 10.9 Å². The summed E-state index contributed by atoms with van der Waals surface area (Å²) in [5, 5.41) is 3.92. The summed E-state index contributed by atoms with van der Waals surface area (Å²) in [6.07, 6.45) is 3.97. The maximum Gasteiger partial charge on any atom is 0.224 e. The van der Waals surface area contributed by atoms with Crippen molar-refractivity contribution in [1.82, 2.24) is 10.3 Å². The predicted molar refractivity (Wildman–Crippen MR) is 65.2 cm³/mol. The zero-order chi connectivity index (χ0) is 11.4. The summed E-state index contributed by atoms with van der Waals surface area (Å²) in [5.74, 6) is 0.0193. The molecule has 0 radical (unpaired) electrons. The Kier molecular flexibility index (Phi) is 3.05. The second-order valence-electron chi connectivity index (χ2n) is 3.67. The lowest BCUT2D eigenvalue weighted by atomic mass is 10.1. The number of rotatable bonds is 4. The average Bonchev–Trinajstić information content (AvgIpc) is 2.73. The van der Waals surface area contributed by atoms with Gasteiger partial charge in [0.25, 0.3) is 0 Å². The molecule has 0 unspecified atom stereocenters. The highest BCUT2D eigenvalue weighted by Crippen LogP contribution is 2.14. The molecule has 0 saturated carbocycles. The Morgan fingerprint density at radius 2 is 2.31 bits per heavy atom. The lowest BCUT2D eigenvalue weighted by Crippen LogP contribution is -2.24. The molecule has 2 N–H and O–H groups in total. The van der Waals surface area contributed by atoms with E-state index in [0.29, 0.717) is 13.0 Å². The van der Waals surface area contributed by atoms with Crippen molar-refractivity contribution in [1.29, 1.82) is 0 Å². The first-order valence-corrected chi connectivity index (χ1v) is 5.23. The summed E-state index contributed by atoms with van der Waals surface area (Å²) in [6.45, 7) is 4.07. The summed E-state index contributed by atoms with van der Waals surface area (Å²) in [5.41, 5.74) is 2.07. The van der Waals surface area contributed by atoms with Gasteiger partial charge in [0.05, 0.1) is 6.42 Å². The van der Waals surface area contributed by atoms with E-state index >= 15 is 0 Å². The number of aromatic amines is 1. The van der Waals surface area contributed by atoms with Gasteiger partial charge in [0, 0.05) is 18.3 Å². The second kappa shape index (κ2) is 4.66. The van der Waals surface area contributed by atoms with E-state index in [1.165, 1.54) is 0 Å². The maximum atomic E-state index is 11.5. The molecule has 3 nitrogen and oxygen atoms in total. The van der Waals surface area contributed by atoms with E-state index in [4.69, 9.17) is 0 Å². The van der Waals surface area contributed by atoms with Gasteiger partial charge in [-0.25, -0.2) is 0 Å². The Morgan fingerprint density at radius 1 is 1.44 bits per heavy atom. The molecule has 2 rings (SSSR count). The fourth-order valence-electron chi connectivity index (χ4n) is 1.64. The van der Waals surface area contributed by atoms with Crippen LogP contribution in [0.4, 0.5) is 0 Å². The van der Waals surface area contributed by atoms with Gasteiger partial charge in [-0.1, -0.05) is 18.2 Å². The Balaban J connectivity index is 2.08. The van der Waals surface area contributed by atoms with Gasteiger partial charge in [0.15, 0.2) is 0 Å². The minimum atomic E-state index is 0.0193. The van der Waals surface area contributed by atoms with Crippen molar-refractivity contribution in [2.45, 2.75) is 6.42 Å². The van der Waals surface area contributed by atoms with Gasteiger partial charge in [-0.2, -0.15) is 0 Å². The number of benzene rings is 1. The van der Waals surface area contributed by atoms with Gasteiger partial charge < -0.3 is 10.3 Å². The van der Waals surface area contributed by atoms with Crippen molar-refractivity contribution >= 4 is 16.8 Å². The molecule has 0 aliphatic heterocycles. The van der Waals surface area contributed by atoms with Crippen molar-refractivity contribution in [3.05, 3.63) is 48.7 Å². The summed E-state index contributed by atoms with van der Waals surface area (Å²) >= 11 is 0. The molecule has 0 spiro atoms. The molecule has 16 heavy (non-hydrogen) atoms. The number of H-pyrrole nitrogens is 1. The van der Waals surface area contributed by atoms with E-state index in [1.807, 2.05) is 30.5 Å². The standard InChI is InChI=1S/C13H14N2O/c1-2-6-15-13(16)9-10-3-4-11-5-7-14-12(11)8-10/h2-5,7-8,14H,1,6,9H2,(H,15,16). The third kappa shape index (κ3) is 2.31. The molecule has 0 bridgehead atoms. The first-order valence-electron chi connectivity index (χ1n) is 5.23. The van der Waals surface area contributed by atoms with Crippen LogP contribution in [0.1, 0.15) is 5.56 Å². The third-order valence-electron chi connectivity index (χ3n) is 2.43. The first kappa shape index (κ1) is 10.5. The third-order valence-corrected chi connectivity index (χ3v) is 2.43. The monoisotopic (exact) mass is 214 g/mol. The van der Waals surface area contributed by atoms with E-state index in [1.54, 1.807) is 6.08 Å². The molecule has 0 aliphatic rings. The number of hydrogen-bond donors (Lipinski definition) is 2. The normalized spacial score (nSPS) is 10.2. The summed E-state index contributed by atoms with van der Waals surface area (Å²) < 4.78 is 0. The van der Waals surface area contributed by atoms with Crippen LogP contribution in [-0.4, -0.2) is 17.4 Å². The van der Waals surface area contributed by atoms with Gasteiger partial charge in [-0.15, -0.1) is 6.58 Å². The topological polar surface area (TPSA) is 44.9 Å². The lowest BCUT2D eigenvalue weighted by Gasteiger charge is -2.02. The zero-order valence-electron chi connectivity index (χ0n) is 8.99. The zero-order valence-corrected chi connectivity index (χ0v) is 8.99. The average molecular weight is 214 g/mol. The number of carbonyl (C=O) groups excluding carboxylic acids is 1. The van der Waals surface area contributed by atoms with Crippen LogP contribution in [0.3, 0.4) is 0 Å². The van der Waals surface area contributed by atoms with Crippen LogP contribution in [0.15, 0.2) is 43.1 Å². The number of nitrogens with one attached hydrogen (secondary N) is 2. The highest BCUT2D eigenvalue weighted by atomic mass is 16.1. The van der Waals surface area contributed by atoms with Crippen LogP contribution >= 0.6 is 0 Å². The smallest absolute Gasteiger partial charge is 0.224 e. The molecule has 1 amide bonds. The molecule has 1 aromatic heterocycles. The maximum absolute atomic E-state index is 11.5. The number of carbonyl (C=O) groups is 1. The molecule has 2 aromatic rings. The Labute approximate surface area is 94.2 Å². The van der Waals surface area contributed by atoms with Crippen molar-refractivity contribution in [2.75, 3.05) is 6.54 Å². The van der Waals surface area contributed by atoms with E-state index in [0.717, 1.165) is 16.5 Å². The molecule has 3 heteroatoms. The number of hydrogen-bond acceptors (Lipinski definition) is 1. The molecule has 82 valence electrons. The van der Waals surface area contributed by atoms with Crippen molar-refractivity contribution < 1.29 is 4.79 Å². The minimum absolute atomic E-state index is 0.0193. The quantitative estimate of drug-likeness (QED) is 0.751. The molecule has 0 aliphatic carbocycles. The van der Waals surface area contributed by atoms with Crippen LogP contribution in [0.5, 0.6) is 0 Å². The minimum Gasteiger partial charge on any atom is -0.361 e. The van der Waals surface area contributed by atoms with Crippen LogP contribution in [0, 0.1) is 0 Å². The molecular weight excluding hydrogens is 200 g/mol. The van der Waals surface area contributed by atoms with Gasteiger partial charge in [0.1, 0.15) is 0 Å². The number of amides is 1. The van der Waals surface area contributed by atoms with Gasteiger partial charge in [0.2, 0.25) is 5.91 Å². The molecule has 0 saturated heterocycles. The molecule has 1 aromatic carbocycles. The van der Waals surface area contributed by atoms with E-state index in [-0.39, 0.29) is 5.91 Å². The van der Waals surface area contributed by atoms with Crippen LogP contribution in [-0.2, 0) is 11.2 Å². The van der Waals surface area contributed by atoms with Crippen molar-refractivity contribution in [3.8, 4) is 0 Å². The fraction of sp³-hybridized carbons (Fsp3) is 0.154. The first-order chi connectivity index (χ1) is 7.79. The predicted octanol–water partition coefficient (Wildman–Crippen LogP) is 2.01. The van der Waals surface area contributed by atoms with Crippen molar-refractivity contribution in [3.63, 3.8) is 0 Å². The highest BCUT2D eigenvalue weighted by molar-refractivity contribution is 5.83.